The highest BCUT2D eigenvalue weighted by Crippen LogP contribution is 2.25. The summed E-state index contributed by atoms with van der Waals surface area (Å²) in [5.74, 6) is 0.850. The Labute approximate surface area is 134 Å². The number of anilines is 1. The minimum Gasteiger partial charge on any atom is -0.491 e. The molecule has 1 aromatic heterocycles. The van der Waals surface area contributed by atoms with Gasteiger partial charge in [0.15, 0.2) is 0 Å². The van der Waals surface area contributed by atoms with Crippen molar-refractivity contribution in [1.29, 1.82) is 0 Å². The fourth-order valence-corrected chi connectivity index (χ4v) is 2.59. The van der Waals surface area contributed by atoms with Crippen LogP contribution in [0, 0.1) is 5.92 Å². The molecule has 1 aromatic carbocycles. The van der Waals surface area contributed by atoms with Crippen LogP contribution in [0.4, 0.5) is 5.69 Å². The van der Waals surface area contributed by atoms with Crippen molar-refractivity contribution in [1.82, 2.24) is 4.98 Å². The highest BCUT2D eigenvalue weighted by Gasteiger charge is 2.13. The highest BCUT2D eigenvalue weighted by atomic mass is 32.1. The van der Waals surface area contributed by atoms with Crippen molar-refractivity contribution in [3.8, 4) is 5.75 Å². The van der Waals surface area contributed by atoms with Crippen molar-refractivity contribution in [3.63, 3.8) is 0 Å². The van der Waals surface area contributed by atoms with E-state index in [1.54, 1.807) is 5.38 Å². The molecule has 0 aliphatic heterocycles. The van der Waals surface area contributed by atoms with E-state index in [1.165, 1.54) is 11.3 Å². The number of nitrogens with one attached hydrogen (secondary N) is 1. The molecule has 0 unspecified atom stereocenters. The zero-order valence-corrected chi connectivity index (χ0v) is 13.7. The number of rotatable bonds is 7. The summed E-state index contributed by atoms with van der Waals surface area (Å²) in [5.41, 5.74) is 6.56. The molecule has 118 valence electrons. The number of carbonyl (C=O) groups excluding carboxylic acids is 1. The summed E-state index contributed by atoms with van der Waals surface area (Å²) >= 11 is 1.45. The van der Waals surface area contributed by atoms with Gasteiger partial charge in [0.05, 0.1) is 17.3 Å². The third kappa shape index (κ3) is 4.54. The van der Waals surface area contributed by atoms with E-state index in [9.17, 15) is 4.79 Å². The van der Waals surface area contributed by atoms with Crippen LogP contribution in [0.25, 0.3) is 0 Å². The molecule has 3 N–H and O–H groups in total. The third-order valence-corrected chi connectivity index (χ3v) is 3.76. The first-order valence-electron chi connectivity index (χ1n) is 7.27. The minimum atomic E-state index is -0.236. The van der Waals surface area contributed by atoms with Gasteiger partial charge in [0, 0.05) is 11.8 Å². The van der Waals surface area contributed by atoms with Gasteiger partial charge in [-0.25, -0.2) is 4.98 Å². The van der Waals surface area contributed by atoms with E-state index in [1.807, 2.05) is 24.3 Å². The standard InChI is InChI=1S/C16H21N3O2S/c1-11(2)9-21-14-6-4-3-5-12(14)19-16(20)13-10-22-15(18-13)7-8-17/h3-6,10-11H,7-9,17H2,1-2H3,(H,19,20). The van der Waals surface area contributed by atoms with Crippen molar-refractivity contribution in [2.24, 2.45) is 11.7 Å². The third-order valence-electron chi connectivity index (χ3n) is 2.85. The Morgan fingerprint density at radius 3 is 2.91 bits per heavy atom. The van der Waals surface area contributed by atoms with Crippen LogP contribution in [0.3, 0.4) is 0 Å². The van der Waals surface area contributed by atoms with Crippen molar-refractivity contribution < 1.29 is 9.53 Å². The van der Waals surface area contributed by atoms with E-state index >= 15 is 0 Å². The van der Waals surface area contributed by atoms with Crippen molar-refractivity contribution in [3.05, 3.63) is 40.3 Å². The number of aromatic nitrogens is 1. The predicted molar refractivity (Wildman–Crippen MR) is 89.6 cm³/mol. The van der Waals surface area contributed by atoms with E-state index in [0.717, 1.165) is 5.01 Å². The second kappa shape index (κ2) is 7.91. The van der Waals surface area contributed by atoms with Crippen LogP contribution >= 0.6 is 11.3 Å². The second-order valence-corrected chi connectivity index (χ2v) is 6.26. The first-order chi connectivity index (χ1) is 10.6. The van der Waals surface area contributed by atoms with E-state index in [-0.39, 0.29) is 5.91 Å². The first-order valence-corrected chi connectivity index (χ1v) is 8.15. The van der Waals surface area contributed by atoms with Gasteiger partial charge in [-0.3, -0.25) is 4.79 Å². The Bertz CT molecular complexity index is 625. The molecule has 0 saturated carbocycles. The molecule has 2 aromatic rings. The van der Waals surface area contributed by atoms with Crippen molar-refractivity contribution >= 4 is 22.9 Å². The number of benzene rings is 1. The van der Waals surface area contributed by atoms with Crippen LogP contribution in [0.5, 0.6) is 5.75 Å². The number of nitrogens with two attached hydrogens (primary N) is 1. The molecule has 2 rings (SSSR count). The maximum atomic E-state index is 12.3. The molecule has 0 atom stereocenters. The summed E-state index contributed by atoms with van der Waals surface area (Å²) in [5, 5.41) is 5.48. The predicted octanol–water partition coefficient (Wildman–Crippen LogP) is 2.93. The molecule has 0 fully saturated rings. The monoisotopic (exact) mass is 319 g/mol. The molecule has 0 radical (unpaired) electrons. The van der Waals surface area contributed by atoms with Crippen LogP contribution in [-0.2, 0) is 6.42 Å². The Hall–Kier alpha value is -1.92. The average molecular weight is 319 g/mol. The van der Waals surface area contributed by atoms with Gasteiger partial charge in [-0.1, -0.05) is 26.0 Å². The van der Waals surface area contributed by atoms with E-state index in [2.05, 4.69) is 24.1 Å². The SMILES string of the molecule is CC(C)COc1ccccc1NC(=O)c1csc(CCN)n1. The zero-order chi connectivity index (χ0) is 15.9. The van der Waals surface area contributed by atoms with Crippen molar-refractivity contribution in [2.75, 3.05) is 18.5 Å². The number of nitrogens with zero attached hydrogens (tertiary/aromatic N) is 1. The molecule has 6 heteroatoms. The van der Waals surface area contributed by atoms with Crippen LogP contribution in [0.2, 0.25) is 0 Å². The molecule has 1 amide bonds. The van der Waals surface area contributed by atoms with Gasteiger partial charge in [0.1, 0.15) is 11.4 Å². The maximum absolute atomic E-state index is 12.3. The summed E-state index contributed by atoms with van der Waals surface area (Å²) in [4.78, 5) is 16.6. The first kappa shape index (κ1) is 16.5. The number of carbonyl (C=O) groups is 1. The Morgan fingerprint density at radius 2 is 2.18 bits per heavy atom. The number of para-hydroxylation sites is 2. The molecule has 22 heavy (non-hydrogen) atoms. The molecular weight excluding hydrogens is 298 g/mol. The normalized spacial score (nSPS) is 10.7. The summed E-state index contributed by atoms with van der Waals surface area (Å²) in [6, 6.07) is 7.41. The topological polar surface area (TPSA) is 77.2 Å². The Kier molecular flexibility index (Phi) is 5.91. The summed E-state index contributed by atoms with van der Waals surface area (Å²) < 4.78 is 5.73. The lowest BCUT2D eigenvalue weighted by Crippen LogP contribution is -2.14. The Balaban J connectivity index is 2.07. The highest BCUT2D eigenvalue weighted by molar-refractivity contribution is 7.09. The minimum absolute atomic E-state index is 0.236. The number of thiazole rings is 1. The van der Waals surface area contributed by atoms with Gasteiger partial charge in [-0.15, -0.1) is 11.3 Å². The summed E-state index contributed by atoms with van der Waals surface area (Å²) in [6.07, 6.45) is 0.687. The summed E-state index contributed by atoms with van der Waals surface area (Å²) in [6.45, 7) is 5.29. The van der Waals surface area contributed by atoms with Crippen molar-refractivity contribution in [2.45, 2.75) is 20.3 Å². The second-order valence-electron chi connectivity index (χ2n) is 5.32. The maximum Gasteiger partial charge on any atom is 0.275 e. The van der Waals surface area contributed by atoms with Crippen LogP contribution < -0.4 is 15.8 Å². The summed E-state index contributed by atoms with van der Waals surface area (Å²) in [7, 11) is 0. The van der Waals surface area contributed by atoms with Gasteiger partial charge in [0.2, 0.25) is 0 Å². The lowest BCUT2D eigenvalue weighted by molar-refractivity contribution is 0.102. The number of amides is 1. The fourth-order valence-electron chi connectivity index (χ4n) is 1.79. The molecule has 0 saturated heterocycles. The number of hydrogen-bond donors (Lipinski definition) is 2. The average Bonchev–Trinajstić information content (AvgIpc) is 2.95. The molecule has 0 bridgehead atoms. The van der Waals surface area contributed by atoms with Crippen LogP contribution in [0.1, 0.15) is 29.3 Å². The zero-order valence-electron chi connectivity index (χ0n) is 12.8. The molecule has 0 aliphatic rings. The van der Waals surface area contributed by atoms with Gasteiger partial charge < -0.3 is 15.8 Å². The Morgan fingerprint density at radius 1 is 1.41 bits per heavy atom. The van der Waals surface area contributed by atoms with E-state index in [4.69, 9.17) is 10.5 Å². The smallest absolute Gasteiger partial charge is 0.275 e. The number of hydrogen-bond acceptors (Lipinski definition) is 5. The fraction of sp³-hybridized carbons (Fsp3) is 0.375. The lowest BCUT2D eigenvalue weighted by atomic mass is 10.2. The molecule has 5 nitrogen and oxygen atoms in total. The van der Waals surface area contributed by atoms with Crippen LogP contribution in [0.15, 0.2) is 29.6 Å². The molecule has 1 heterocycles. The number of ether oxygens (including phenoxy) is 1. The van der Waals surface area contributed by atoms with E-state index in [0.29, 0.717) is 42.6 Å². The quantitative estimate of drug-likeness (QED) is 0.822. The van der Waals surface area contributed by atoms with Gasteiger partial charge >= 0.3 is 0 Å². The largest absolute Gasteiger partial charge is 0.491 e. The molecule has 0 spiro atoms. The van der Waals surface area contributed by atoms with Gasteiger partial charge in [-0.2, -0.15) is 0 Å². The van der Waals surface area contributed by atoms with Crippen LogP contribution in [-0.4, -0.2) is 24.0 Å². The van der Waals surface area contributed by atoms with Gasteiger partial charge in [0.25, 0.3) is 5.91 Å². The van der Waals surface area contributed by atoms with Gasteiger partial charge in [-0.05, 0) is 24.6 Å². The van der Waals surface area contributed by atoms with E-state index < -0.39 is 0 Å². The molecular formula is C16H21N3O2S. The molecule has 0 aliphatic carbocycles. The lowest BCUT2D eigenvalue weighted by Gasteiger charge is -2.13.